The van der Waals surface area contributed by atoms with Gasteiger partial charge in [0.1, 0.15) is 11.6 Å². The third-order valence-electron chi connectivity index (χ3n) is 5.21. The van der Waals surface area contributed by atoms with Crippen LogP contribution in [-0.2, 0) is 13.6 Å². The first-order valence-corrected chi connectivity index (χ1v) is 9.54. The van der Waals surface area contributed by atoms with Crippen molar-refractivity contribution < 1.29 is 0 Å². The van der Waals surface area contributed by atoms with Gasteiger partial charge in [-0.2, -0.15) is 5.10 Å². The number of aryl methyl sites for hydroxylation is 2. The highest BCUT2D eigenvalue weighted by Crippen LogP contribution is 2.28. The summed E-state index contributed by atoms with van der Waals surface area (Å²) in [4.78, 5) is 11.7. The summed E-state index contributed by atoms with van der Waals surface area (Å²) in [6.07, 6.45) is 6.19. The molecule has 27 heavy (non-hydrogen) atoms. The quantitative estimate of drug-likeness (QED) is 0.751. The molecule has 1 N–H and O–H groups in total. The zero-order chi connectivity index (χ0) is 18.6. The highest BCUT2D eigenvalue weighted by molar-refractivity contribution is 5.51. The van der Waals surface area contributed by atoms with E-state index < -0.39 is 0 Å². The molecule has 6 nitrogen and oxygen atoms in total. The van der Waals surface area contributed by atoms with Crippen LogP contribution in [0.3, 0.4) is 0 Å². The number of pyridine rings is 2. The Morgan fingerprint density at radius 2 is 1.89 bits per heavy atom. The maximum absolute atomic E-state index is 4.84. The van der Waals surface area contributed by atoms with Crippen molar-refractivity contribution in [3.8, 4) is 0 Å². The summed E-state index contributed by atoms with van der Waals surface area (Å²) < 4.78 is 1.90. The van der Waals surface area contributed by atoms with Crippen LogP contribution in [0.15, 0.2) is 48.8 Å². The standard InChI is InChI=1S/C21H26N6/c1-16-18(14-26(2)25-16)15-27-12-9-17(10-13-27)19-6-5-8-21(23-19)24-20-7-3-4-11-22-20/h3-8,11,14,17H,9-10,12-13,15H2,1-2H3,(H,22,23,24). The first-order chi connectivity index (χ1) is 13.2. The molecule has 0 spiro atoms. The number of rotatable bonds is 5. The number of nitrogens with one attached hydrogen (secondary N) is 1. The van der Waals surface area contributed by atoms with Crippen molar-refractivity contribution >= 4 is 11.6 Å². The monoisotopic (exact) mass is 362 g/mol. The number of aromatic nitrogens is 4. The third kappa shape index (κ3) is 4.34. The average molecular weight is 362 g/mol. The Balaban J connectivity index is 1.36. The van der Waals surface area contributed by atoms with E-state index in [4.69, 9.17) is 4.98 Å². The van der Waals surface area contributed by atoms with Gasteiger partial charge in [-0.1, -0.05) is 12.1 Å². The van der Waals surface area contributed by atoms with Gasteiger partial charge < -0.3 is 5.32 Å². The maximum atomic E-state index is 4.84. The van der Waals surface area contributed by atoms with Crippen LogP contribution in [0.1, 0.15) is 35.7 Å². The molecule has 0 aromatic carbocycles. The molecule has 0 amide bonds. The molecule has 4 heterocycles. The van der Waals surface area contributed by atoms with Crippen LogP contribution >= 0.6 is 0 Å². The largest absolute Gasteiger partial charge is 0.325 e. The molecule has 0 aliphatic carbocycles. The van der Waals surface area contributed by atoms with E-state index in [1.165, 1.54) is 11.3 Å². The zero-order valence-corrected chi connectivity index (χ0v) is 16.0. The smallest absolute Gasteiger partial charge is 0.131 e. The van der Waals surface area contributed by atoms with Crippen molar-refractivity contribution in [2.45, 2.75) is 32.2 Å². The molecule has 3 aromatic rings. The van der Waals surface area contributed by atoms with E-state index in [0.29, 0.717) is 5.92 Å². The SMILES string of the molecule is Cc1nn(C)cc1CN1CCC(c2cccc(Nc3ccccn3)n2)CC1. The fourth-order valence-corrected chi connectivity index (χ4v) is 3.75. The third-order valence-corrected chi connectivity index (χ3v) is 5.21. The van der Waals surface area contributed by atoms with Crippen molar-refractivity contribution in [1.82, 2.24) is 24.6 Å². The van der Waals surface area contributed by atoms with Gasteiger partial charge in [-0.05, 0) is 57.1 Å². The number of hydrogen-bond acceptors (Lipinski definition) is 5. The van der Waals surface area contributed by atoms with Crippen LogP contribution in [0, 0.1) is 6.92 Å². The highest BCUT2D eigenvalue weighted by Gasteiger charge is 2.22. The van der Waals surface area contributed by atoms with E-state index in [0.717, 1.165) is 49.8 Å². The molecule has 1 fully saturated rings. The molecule has 1 aliphatic rings. The normalized spacial score (nSPS) is 15.8. The van der Waals surface area contributed by atoms with E-state index in [9.17, 15) is 0 Å². The first kappa shape index (κ1) is 17.7. The van der Waals surface area contributed by atoms with Crippen molar-refractivity contribution in [3.05, 3.63) is 65.7 Å². The lowest BCUT2D eigenvalue weighted by molar-refractivity contribution is 0.203. The van der Waals surface area contributed by atoms with E-state index in [-0.39, 0.29) is 0 Å². The Bertz CT molecular complexity index is 881. The summed E-state index contributed by atoms with van der Waals surface area (Å²) in [5.74, 6) is 2.20. The van der Waals surface area contributed by atoms with Gasteiger partial charge in [0, 0.05) is 43.2 Å². The van der Waals surface area contributed by atoms with Crippen LogP contribution in [-0.4, -0.2) is 37.7 Å². The average Bonchev–Trinajstić information content (AvgIpc) is 3.00. The van der Waals surface area contributed by atoms with Crippen LogP contribution < -0.4 is 5.32 Å². The molecule has 0 saturated carbocycles. The van der Waals surface area contributed by atoms with Gasteiger partial charge in [0.15, 0.2) is 0 Å². The minimum Gasteiger partial charge on any atom is -0.325 e. The maximum Gasteiger partial charge on any atom is 0.131 e. The Hall–Kier alpha value is -2.73. The van der Waals surface area contributed by atoms with Crippen molar-refractivity contribution in [1.29, 1.82) is 0 Å². The molecule has 140 valence electrons. The van der Waals surface area contributed by atoms with E-state index in [2.05, 4.69) is 45.6 Å². The molecule has 6 heteroatoms. The lowest BCUT2D eigenvalue weighted by Crippen LogP contribution is -2.32. The second-order valence-corrected chi connectivity index (χ2v) is 7.25. The number of piperidine rings is 1. The van der Waals surface area contributed by atoms with E-state index in [1.54, 1.807) is 6.20 Å². The molecule has 1 aliphatic heterocycles. The number of nitrogens with zero attached hydrogens (tertiary/aromatic N) is 5. The molecule has 0 unspecified atom stereocenters. The molecule has 0 radical (unpaired) electrons. The molecule has 0 atom stereocenters. The topological polar surface area (TPSA) is 58.9 Å². The van der Waals surface area contributed by atoms with Gasteiger partial charge in [0.05, 0.1) is 5.69 Å². The Morgan fingerprint density at radius 1 is 1.07 bits per heavy atom. The molecule has 4 rings (SSSR count). The highest BCUT2D eigenvalue weighted by atomic mass is 15.3. The Labute approximate surface area is 160 Å². The van der Waals surface area contributed by atoms with Crippen LogP contribution in [0.2, 0.25) is 0 Å². The predicted molar refractivity (Wildman–Crippen MR) is 107 cm³/mol. The Morgan fingerprint density at radius 3 is 2.59 bits per heavy atom. The lowest BCUT2D eigenvalue weighted by atomic mass is 9.93. The second kappa shape index (κ2) is 7.88. The van der Waals surface area contributed by atoms with Gasteiger partial charge in [0.25, 0.3) is 0 Å². The summed E-state index contributed by atoms with van der Waals surface area (Å²) in [7, 11) is 1.99. The van der Waals surface area contributed by atoms with Crippen LogP contribution in [0.4, 0.5) is 11.6 Å². The minimum atomic E-state index is 0.515. The minimum absolute atomic E-state index is 0.515. The number of hydrogen-bond donors (Lipinski definition) is 1. The summed E-state index contributed by atoms with van der Waals surface area (Å²) in [6.45, 7) is 5.27. The van der Waals surface area contributed by atoms with E-state index in [1.807, 2.05) is 36.0 Å². The fraction of sp³-hybridized carbons (Fsp3) is 0.381. The molecular weight excluding hydrogens is 336 g/mol. The number of likely N-dealkylation sites (tertiary alicyclic amines) is 1. The van der Waals surface area contributed by atoms with Crippen molar-refractivity contribution in [3.63, 3.8) is 0 Å². The van der Waals surface area contributed by atoms with Crippen molar-refractivity contribution in [2.75, 3.05) is 18.4 Å². The van der Waals surface area contributed by atoms with E-state index >= 15 is 0 Å². The van der Waals surface area contributed by atoms with Gasteiger partial charge in [-0.25, -0.2) is 9.97 Å². The summed E-state index contributed by atoms with van der Waals surface area (Å²) in [5.41, 5.74) is 3.64. The van der Waals surface area contributed by atoms with Gasteiger partial charge in [0.2, 0.25) is 0 Å². The van der Waals surface area contributed by atoms with Crippen molar-refractivity contribution in [2.24, 2.45) is 7.05 Å². The summed E-state index contributed by atoms with van der Waals surface area (Å²) in [5, 5.41) is 7.74. The summed E-state index contributed by atoms with van der Waals surface area (Å²) in [6, 6.07) is 12.1. The lowest BCUT2D eigenvalue weighted by Gasteiger charge is -2.31. The zero-order valence-electron chi connectivity index (χ0n) is 16.0. The second-order valence-electron chi connectivity index (χ2n) is 7.25. The first-order valence-electron chi connectivity index (χ1n) is 9.54. The summed E-state index contributed by atoms with van der Waals surface area (Å²) >= 11 is 0. The van der Waals surface area contributed by atoms with Crippen LogP contribution in [0.5, 0.6) is 0 Å². The number of anilines is 2. The molecule has 3 aromatic heterocycles. The van der Waals surface area contributed by atoms with Gasteiger partial charge in [-0.3, -0.25) is 9.58 Å². The Kier molecular flexibility index (Phi) is 5.16. The molecule has 0 bridgehead atoms. The van der Waals surface area contributed by atoms with Crippen LogP contribution in [0.25, 0.3) is 0 Å². The fourth-order valence-electron chi connectivity index (χ4n) is 3.75. The molecular formula is C21H26N6. The molecule has 1 saturated heterocycles. The van der Waals surface area contributed by atoms with Gasteiger partial charge in [-0.15, -0.1) is 0 Å². The van der Waals surface area contributed by atoms with Gasteiger partial charge >= 0.3 is 0 Å². The predicted octanol–water partition coefficient (Wildman–Crippen LogP) is 3.64.